The van der Waals surface area contributed by atoms with Crippen molar-refractivity contribution in [3.63, 3.8) is 0 Å². The van der Waals surface area contributed by atoms with Crippen LogP contribution in [0, 0.1) is 5.92 Å². The van der Waals surface area contributed by atoms with Crippen LogP contribution < -0.4 is 11.3 Å². The van der Waals surface area contributed by atoms with Gasteiger partial charge in [0, 0.05) is 29.6 Å². The quantitative estimate of drug-likeness (QED) is 0.679. The molecule has 0 saturated heterocycles. The Morgan fingerprint density at radius 1 is 1.11 bits per heavy atom. The van der Waals surface area contributed by atoms with Crippen LogP contribution in [-0.2, 0) is 12.8 Å². The molecule has 0 radical (unpaired) electrons. The molecule has 27 heavy (non-hydrogen) atoms. The summed E-state index contributed by atoms with van der Waals surface area (Å²) < 4.78 is 0. The first-order chi connectivity index (χ1) is 13.1. The van der Waals surface area contributed by atoms with Crippen molar-refractivity contribution >= 4 is 5.78 Å². The Labute approximate surface area is 156 Å². The number of carbonyl (C=O) groups excluding carboxylic acids is 1. The molecule has 1 aliphatic carbocycles. The molecule has 136 valence electrons. The molecule has 6 heteroatoms. The zero-order chi connectivity index (χ0) is 18.8. The number of pyridine rings is 1. The molecule has 0 amide bonds. The number of nitrogens with two attached hydrogens (primary N) is 1. The summed E-state index contributed by atoms with van der Waals surface area (Å²) in [5.74, 6) is 0.311. The van der Waals surface area contributed by atoms with Crippen molar-refractivity contribution in [2.24, 2.45) is 11.7 Å². The molecular formula is C21H20N4O2. The summed E-state index contributed by atoms with van der Waals surface area (Å²) in [6, 6.07) is 12.3. The maximum Gasteiger partial charge on any atom is 0.264 e. The first kappa shape index (κ1) is 17.3. The lowest BCUT2D eigenvalue weighted by Crippen LogP contribution is -2.33. The van der Waals surface area contributed by atoms with Crippen LogP contribution in [0.1, 0.15) is 27.9 Å². The highest BCUT2D eigenvalue weighted by molar-refractivity contribution is 5.99. The average molecular weight is 360 g/mol. The molecule has 2 atom stereocenters. The number of ketones is 1. The van der Waals surface area contributed by atoms with Gasteiger partial charge in [-0.2, -0.15) is 5.10 Å². The maximum absolute atomic E-state index is 12.5. The number of nitrogens with zero attached hydrogens (tertiary/aromatic N) is 2. The molecule has 2 unspecified atom stereocenters. The average Bonchev–Trinajstić information content (AvgIpc) is 3.10. The SMILES string of the molecule is NC(CC1Cc2ccc(-c3ccc(=O)[nH]n3)cc2C1)C(=O)c1ccncc1. The minimum atomic E-state index is -0.507. The summed E-state index contributed by atoms with van der Waals surface area (Å²) in [5, 5.41) is 6.56. The van der Waals surface area contributed by atoms with Crippen molar-refractivity contribution in [2.75, 3.05) is 0 Å². The van der Waals surface area contributed by atoms with E-state index in [0.29, 0.717) is 17.9 Å². The van der Waals surface area contributed by atoms with Gasteiger partial charge < -0.3 is 5.73 Å². The third-order valence-corrected chi connectivity index (χ3v) is 5.09. The molecule has 1 aliphatic rings. The number of benzene rings is 1. The second-order valence-electron chi connectivity index (χ2n) is 7.01. The van der Waals surface area contributed by atoms with E-state index in [9.17, 15) is 9.59 Å². The number of aromatic nitrogens is 3. The Bertz CT molecular complexity index is 1010. The Morgan fingerprint density at radius 2 is 1.89 bits per heavy atom. The molecule has 3 aromatic rings. The predicted octanol–water partition coefficient (Wildman–Crippen LogP) is 2.15. The first-order valence-corrected chi connectivity index (χ1v) is 8.98. The van der Waals surface area contributed by atoms with Crippen molar-refractivity contribution < 1.29 is 4.79 Å². The third-order valence-electron chi connectivity index (χ3n) is 5.09. The van der Waals surface area contributed by atoms with Gasteiger partial charge in [-0.05, 0) is 60.6 Å². The fraction of sp³-hybridized carbons (Fsp3) is 0.238. The molecule has 2 aromatic heterocycles. The summed E-state index contributed by atoms with van der Waals surface area (Å²) >= 11 is 0. The van der Waals surface area contributed by atoms with Gasteiger partial charge in [0.25, 0.3) is 5.56 Å². The lowest BCUT2D eigenvalue weighted by molar-refractivity contribution is 0.0949. The molecule has 0 spiro atoms. The Hall–Kier alpha value is -3.12. The van der Waals surface area contributed by atoms with Crippen molar-refractivity contribution in [3.05, 3.63) is 81.9 Å². The summed E-state index contributed by atoms with van der Waals surface area (Å²) in [5.41, 5.74) is 10.8. The second kappa shape index (κ2) is 7.25. The van der Waals surface area contributed by atoms with Gasteiger partial charge in [-0.25, -0.2) is 5.10 Å². The van der Waals surface area contributed by atoms with Crippen LogP contribution in [0.5, 0.6) is 0 Å². The molecule has 0 bridgehead atoms. The second-order valence-corrected chi connectivity index (χ2v) is 7.01. The topological polar surface area (TPSA) is 102 Å². The molecule has 0 fully saturated rings. The van der Waals surface area contributed by atoms with E-state index >= 15 is 0 Å². The Kier molecular flexibility index (Phi) is 4.64. The van der Waals surface area contributed by atoms with Gasteiger partial charge in [0.05, 0.1) is 11.7 Å². The van der Waals surface area contributed by atoms with Crippen molar-refractivity contribution in [1.82, 2.24) is 15.2 Å². The van der Waals surface area contributed by atoms with Gasteiger partial charge in [-0.15, -0.1) is 0 Å². The van der Waals surface area contributed by atoms with Crippen LogP contribution in [0.4, 0.5) is 0 Å². The number of carbonyl (C=O) groups is 1. The van der Waals surface area contributed by atoms with Crippen LogP contribution in [-0.4, -0.2) is 27.0 Å². The van der Waals surface area contributed by atoms with E-state index < -0.39 is 6.04 Å². The van der Waals surface area contributed by atoms with E-state index in [2.05, 4.69) is 27.3 Å². The fourth-order valence-electron chi connectivity index (χ4n) is 3.74. The van der Waals surface area contributed by atoms with Gasteiger partial charge in [0.2, 0.25) is 0 Å². The minimum Gasteiger partial charge on any atom is -0.321 e. The van der Waals surface area contributed by atoms with E-state index in [1.165, 1.54) is 17.2 Å². The summed E-state index contributed by atoms with van der Waals surface area (Å²) in [4.78, 5) is 27.6. The first-order valence-electron chi connectivity index (χ1n) is 8.98. The summed E-state index contributed by atoms with van der Waals surface area (Å²) in [6.07, 6.45) is 5.69. The third kappa shape index (κ3) is 3.71. The van der Waals surface area contributed by atoms with E-state index in [-0.39, 0.29) is 11.3 Å². The van der Waals surface area contributed by atoms with Crippen LogP contribution in [0.25, 0.3) is 11.3 Å². The molecule has 0 saturated carbocycles. The van der Waals surface area contributed by atoms with Crippen molar-refractivity contribution in [2.45, 2.75) is 25.3 Å². The Morgan fingerprint density at radius 3 is 2.63 bits per heavy atom. The molecular weight excluding hydrogens is 340 g/mol. The van der Waals surface area contributed by atoms with E-state index in [4.69, 9.17) is 5.73 Å². The largest absolute Gasteiger partial charge is 0.321 e. The fourth-order valence-corrected chi connectivity index (χ4v) is 3.74. The predicted molar refractivity (Wildman–Crippen MR) is 102 cm³/mol. The smallest absolute Gasteiger partial charge is 0.264 e. The van der Waals surface area contributed by atoms with E-state index in [1.807, 2.05) is 6.07 Å². The molecule has 6 nitrogen and oxygen atoms in total. The zero-order valence-electron chi connectivity index (χ0n) is 14.8. The normalized spacial score (nSPS) is 16.7. The van der Waals surface area contributed by atoms with Gasteiger partial charge in [0.1, 0.15) is 0 Å². The number of fused-ring (bicyclic) bond motifs is 1. The van der Waals surface area contributed by atoms with Gasteiger partial charge in [-0.3, -0.25) is 14.6 Å². The van der Waals surface area contributed by atoms with Crippen LogP contribution in [0.15, 0.2) is 59.7 Å². The van der Waals surface area contributed by atoms with Gasteiger partial charge in [-0.1, -0.05) is 12.1 Å². The number of Topliss-reactive ketones (excluding diaryl/α,β-unsaturated/α-hetero) is 1. The Balaban J connectivity index is 1.45. The molecule has 2 heterocycles. The number of aromatic amines is 1. The lowest BCUT2D eigenvalue weighted by atomic mass is 9.93. The van der Waals surface area contributed by atoms with Gasteiger partial charge in [0.15, 0.2) is 5.78 Å². The highest BCUT2D eigenvalue weighted by atomic mass is 16.1. The van der Waals surface area contributed by atoms with Gasteiger partial charge >= 0.3 is 0 Å². The number of H-pyrrole nitrogens is 1. The molecule has 4 rings (SSSR count). The zero-order valence-corrected chi connectivity index (χ0v) is 14.8. The van der Waals surface area contributed by atoms with Crippen LogP contribution in [0.2, 0.25) is 0 Å². The van der Waals surface area contributed by atoms with Crippen molar-refractivity contribution in [1.29, 1.82) is 0 Å². The molecule has 0 aliphatic heterocycles. The lowest BCUT2D eigenvalue weighted by Gasteiger charge is -2.15. The number of hydrogen-bond acceptors (Lipinski definition) is 5. The van der Waals surface area contributed by atoms with Crippen molar-refractivity contribution in [3.8, 4) is 11.3 Å². The minimum absolute atomic E-state index is 0.0357. The van der Waals surface area contributed by atoms with E-state index in [0.717, 1.165) is 24.1 Å². The highest BCUT2D eigenvalue weighted by Gasteiger charge is 2.26. The standard InChI is InChI=1S/C21H20N4O2/c22-18(21(27)14-5-7-23-8-6-14)11-13-9-15-1-2-16(12-17(15)10-13)19-3-4-20(26)25-24-19/h1-8,12-13,18H,9-11,22H2,(H,25,26). The number of hydrogen-bond donors (Lipinski definition) is 2. The number of nitrogens with one attached hydrogen (secondary N) is 1. The monoisotopic (exact) mass is 360 g/mol. The summed E-state index contributed by atoms with van der Waals surface area (Å²) in [6.45, 7) is 0. The number of rotatable bonds is 5. The maximum atomic E-state index is 12.5. The van der Waals surface area contributed by atoms with Crippen LogP contribution >= 0.6 is 0 Å². The summed E-state index contributed by atoms with van der Waals surface area (Å²) in [7, 11) is 0. The van der Waals surface area contributed by atoms with E-state index in [1.54, 1.807) is 30.6 Å². The highest BCUT2D eigenvalue weighted by Crippen LogP contribution is 2.32. The van der Waals surface area contributed by atoms with Crippen LogP contribution in [0.3, 0.4) is 0 Å². The molecule has 1 aromatic carbocycles. The molecule has 3 N–H and O–H groups in total.